The van der Waals surface area contributed by atoms with Crippen LogP contribution >= 0.6 is 23.2 Å². The number of fused-ring (bicyclic) bond motifs is 1. The Kier molecular flexibility index (Phi) is 4.42. The van der Waals surface area contributed by atoms with Gasteiger partial charge in [-0.25, -0.2) is 4.79 Å². The molecule has 1 aliphatic rings. The van der Waals surface area contributed by atoms with E-state index in [1.165, 1.54) is 30.3 Å². The number of carbonyl (C=O) groups excluding carboxylic acids is 3. The summed E-state index contributed by atoms with van der Waals surface area (Å²) in [6.45, 7) is -0.533. The van der Waals surface area contributed by atoms with Gasteiger partial charge in [-0.1, -0.05) is 40.4 Å². The molecule has 1 aliphatic heterocycles. The van der Waals surface area contributed by atoms with Crippen LogP contribution in [0.3, 0.4) is 0 Å². The number of nitrogens with zero attached hydrogens (tertiary/aromatic N) is 1. The molecule has 2 aromatic rings. The topological polar surface area (TPSA) is 72.9 Å². The van der Waals surface area contributed by atoms with Gasteiger partial charge >= 0.3 is 5.97 Å². The van der Waals surface area contributed by atoms with Crippen LogP contribution in [0.4, 0.5) is 0 Å². The maximum atomic E-state index is 12.1. The fraction of sp³-hybridized carbons (Fsp3) is 0.0625. The molecule has 0 spiro atoms. The van der Waals surface area contributed by atoms with Crippen molar-refractivity contribution >= 4 is 41.0 Å². The Balaban J connectivity index is 1.64. The lowest BCUT2D eigenvalue weighted by Crippen LogP contribution is -2.34. The molecule has 0 saturated carbocycles. The van der Waals surface area contributed by atoms with Crippen LogP contribution in [0.5, 0.6) is 5.75 Å². The van der Waals surface area contributed by atoms with Crippen molar-refractivity contribution in [2.24, 2.45) is 0 Å². The first-order chi connectivity index (χ1) is 11.5. The van der Waals surface area contributed by atoms with Gasteiger partial charge in [0.05, 0.1) is 16.1 Å². The van der Waals surface area contributed by atoms with E-state index in [2.05, 4.69) is 0 Å². The first kappa shape index (κ1) is 16.3. The van der Waals surface area contributed by atoms with Crippen molar-refractivity contribution in [2.75, 3.05) is 6.61 Å². The van der Waals surface area contributed by atoms with Gasteiger partial charge in [-0.05, 0) is 30.3 Å². The molecule has 122 valence electrons. The molecule has 0 bridgehead atoms. The molecule has 0 saturated heterocycles. The first-order valence-electron chi connectivity index (χ1n) is 6.74. The summed E-state index contributed by atoms with van der Waals surface area (Å²) in [5, 5.41) is 1.05. The van der Waals surface area contributed by atoms with Crippen molar-refractivity contribution < 1.29 is 24.0 Å². The lowest BCUT2D eigenvalue weighted by molar-refractivity contribution is -0.170. The van der Waals surface area contributed by atoms with Gasteiger partial charge in [-0.15, -0.1) is 0 Å². The Hall–Kier alpha value is -2.57. The van der Waals surface area contributed by atoms with Gasteiger partial charge in [0.15, 0.2) is 6.61 Å². The second-order valence-electron chi connectivity index (χ2n) is 4.78. The fourth-order valence-electron chi connectivity index (χ4n) is 2.11. The lowest BCUT2D eigenvalue weighted by Gasteiger charge is -2.13. The van der Waals surface area contributed by atoms with Crippen molar-refractivity contribution in [3.05, 3.63) is 63.6 Å². The molecule has 2 amide bonds. The first-order valence-corrected chi connectivity index (χ1v) is 7.49. The van der Waals surface area contributed by atoms with Crippen LogP contribution in [-0.4, -0.2) is 29.5 Å². The highest BCUT2D eigenvalue weighted by molar-refractivity contribution is 6.35. The fourth-order valence-corrected chi connectivity index (χ4v) is 2.57. The minimum atomic E-state index is -0.921. The summed E-state index contributed by atoms with van der Waals surface area (Å²) in [4.78, 5) is 40.8. The number of hydrogen-bond acceptors (Lipinski definition) is 5. The van der Waals surface area contributed by atoms with Crippen molar-refractivity contribution in [1.29, 1.82) is 0 Å². The van der Waals surface area contributed by atoms with E-state index in [4.69, 9.17) is 32.8 Å². The Morgan fingerprint density at radius 1 is 1.00 bits per heavy atom. The lowest BCUT2D eigenvalue weighted by atomic mass is 10.1. The SMILES string of the molecule is O=C(COc1ccc(Cl)cc1Cl)ON1C(=O)c2ccccc2C1=O. The van der Waals surface area contributed by atoms with E-state index in [9.17, 15) is 14.4 Å². The Bertz CT molecular complexity index is 817. The molecule has 2 aromatic carbocycles. The molecule has 0 aliphatic carbocycles. The third-order valence-electron chi connectivity index (χ3n) is 3.19. The van der Waals surface area contributed by atoms with E-state index in [1.54, 1.807) is 12.1 Å². The van der Waals surface area contributed by atoms with E-state index in [0.29, 0.717) is 10.1 Å². The van der Waals surface area contributed by atoms with E-state index >= 15 is 0 Å². The van der Waals surface area contributed by atoms with Gasteiger partial charge in [0.2, 0.25) is 0 Å². The van der Waals surface area contributed by atoms with Crippen LogP contribution < -0.4 is 4.74 Å². The zero-order valence-electron chi connectivity index (χ0n) is 12.0. The Labute approximate surface area is 146 Å². The molecular formula is C16H9Cl2NO5. The molecule has 0 unspecified atom stereocenters. The van der Waals surface area contributed by atoms with E-state index in [1.807, 2.05) is 0 Å². The van der Waals surface area contributed by atoms with Crippen molar-refractivity contribution in [1.82, 2.24) is 5.06 Å². The number of halogens is 2. The van der Waals surface area contributed by atoms with Crippen molar-refractivity contribution in [2.45, 2.75) is 0 Å². The zero-order chi connectivity index (χ0) is 17.3. The maximum Gasteiger partial charge on any atom is 0.370 e. The van der Waals surface area contributed by atoms with Gasteiger partial charge in [-0.3, -0.25) is 9.59 Å². The highest BCUT2D eigenvalue weighted by atomic mass is 35.5. The largest absolute Gasteiger partial charge is 0.480 e. The zero-order valence-corrected chi connectivity index (χ0v) is 13.5. The van der Waals surface area contributed by atoms with Crippen LogP contribution in [0.25, 0.3) is 0 Å². The van der Waals surface area contributed by atoms with Gasteiger partial charge in [0.1, 0.15) is 5.75 Å². The summed E-state index contributed by atoms with van der Waals surface area (Å²) in [6, 6.07) is 10.7. The van der Waals surface area contributed by atoms with E-state index in [-0.39, 0.29) is 21.9 Å². The molecule has 24 heavy (non-hydrogen) atoms. The van der Waals surface area contributed by atoms with Gasteiger partial charge in [0.25, 0.3) is 11.8 Å². The Morgan fingerprint density at radius 3 is 2.21 bits per heavy atom. The molecule has 6 nitrogen and oxygen atoms in total. The summed E-state index contributed by atoms with van der Waals surface area (Å²) >= 11 is 11.7. The maximum absolute atomic E-state index is 12.1. The van der Waals surface area contributed by atoms with Crippen LogP contribution in [0.1, 0.15) is 20.7 Å². The van der Waals surface area contributed by atoms with E-state index in [0.717, 1.165) is 0 Å². The minimum absolute atomic E-state index is 0.178. The predicted octanol–water partition coefficient (Wildman–Crippen LogP) is 3.13. The average molecular weight is 366 g/mol. The summed E-state index contributed by atoms with van der Waals surface area (Å²) in [5.74, 6) is -2.10. The molecule has 0 fully saturated rings. The molecule has 0 radical (unpaired) electrons. The molecule has 0 atom stereocenters. The standard InChI is InChI=1S/C16H9Cl2NO5/c17-9-5-6-13(12(18)7-9)23-8-14(20)24-19-15(21)10-3-1-2-4-11(10)16(19)22/h1-7H,8H2. The third-order valence-corrected chi connectivity index (χ3v) is 3.72. The van der Waals surface area contributed by atoms with Gasteiger partial charge < -0.3 is 9.57 Å². The second kappa shape index (κ2) is 6.51. The highest BCUT2D eigenvalue weighted by Gasteiger charge is 2.38. The number of benzene rings is 2. The molecule has 0 N–H and O–H groups in total. The van der Waals surface area contributed by atoms with Crippen LogP contribution in [0, 0.1) is 0 Å². The number of amides is 2. The number of rotatable bonds is 4. The van der Waals surface area contributed by atoms with Crippen molar-refractivity contribution in [3.8, 4) is 5.75 Å². The molecule has 1 heterocycles. The number of hydrogen-bond donors (Lipinski definition) is 0. The third kappa shape index (κ3) is 3.06. The second-order valence-corrected chi connectivity index (χ2v) is 5.62. The molecule has 0 aromatic heterocycles. The monoisotopic (exact) mass is 365 g/mol. The van der Waals surface area contributed by atoms with Gasteiger partial charge in [0, 0.05) is 5.02 Å². The van der Waals surface area contributed by atoms with Crippen LogP contribution in [0.15, 0.2) is 42.5 Å². The summed E-state index contributed by atoms with van der Waals surface area (Å²) in [7, 11) is 0. The molecule has 8 heteroatoms. The highest BCUT2D eigenvalue weighted by Crippen LogP contribution is 2.27. The summed E-state index contributed by atoms with van der Waals surface area (Å²) in [5.41, 5.74) is 0.355. The van der Waals surface area contributed by atoms with Gasteiger partial charge in [-0.2, -0.15) is 0 Å². The summed E-state index contributed by atoms with van der Waals surface area (Å²) in [6.07, 6.45) is 0. The number of imide groups is 1. The Morgan fingerprint density at radius 2 is 1.62 bits per heavy atom. The normalized spacial score (nSPS) is 13.0. The quantitative estimate of drug-likeness (QED) is 0.778. The van der Waals surface area contributed by atoms with Crippen LogP contribution in [-0.2, 0) is 9.63 Å². The van der Waals surface area contributed by atoms with Crippen molar-refractivity contribution in [3.63, 3.8) is 0 Å². The molecule has 3 rings (SSSR count). The summed E-state index contributed by atoms with van der Waals surface area (Å²) < 4.78 is 5.20. The number of carbonyl (C=O) groups is 3. The number of ether oxygens (including phenoxy) is 1. The van der Waals surface area contributed by atoms with Crippen LogP contribution in [0.2, 0.25) is 10.0 Å². The predicted molar refractivity (Wildman–Crippen MR) is 85.0 cm³/mol. The minimum Gasteiger partial charge on any atom is -0.480 e. The average Bonchev–Trinajstić information content (AvgIpc) is 2.79. The number of hydroxylamine groups is 2. The smallest absolute Gasteiger partial charge is 0.370 e. The van der Waals surface area contributed by atoms with E-state index < -0.39 is 24.4 Å². The molecular weight excluding hydrogens is 357 g/mol.